The van der Waals surface area contributed by atoms with E-state index in [0.29, 0.717) is 29.4 Å². The average Bonchev–Trinajstić information content (AvgIpc) is 2.54. The Hall–Kier alpha value is -0.540. The molecule has 6 nitrogen and oxygen atoms in total. The summed E-state index contributed by atoms with van der Waals surface area (Å²) >= 11 is 3.33. The van der Waals surface area contributed by atoms with Crippen LogP contribution in [0.3, 0.4) is 0 Å². The Morgan fingerprint density at radius 1 is 1.17 bits per heavy atom. The summed E-state index contributed by atoms with van der Waals surface area (Å²) < 4.78 is 38.3. The zero-order valence-electron chi connectivity index (χ0n) is 13.3. The highest BCUT2D eigenvalue weighted by Crippen LogP contribution is 2.37. The quantitative estimate of drug-likeness (QED) is 0.777. The standard InChI is InChI=1S/C14H21BrN2O4S.ClH/c1-16-10-4-6-17(7-5-10)22(18,19)14-8-11(15)12(20-2)9-13(14)21-3;/h8-10,16H,4-7H2,1-3H3;1H. The molecule has 0 amide bonds. The third-order valence-corrected chi connectivity index (χ3v) is 6.46. The van der Waals surface area contributed by atoms with Crippen LogP contribution in [0.15, 0.2) is 21.5 Å². The minimum absolute atomic E-state index is 0. The van der Waals surface area contributed by atoms with Crippen molar-refractivity contribution in [1.82, 2.24) is 9.62 Å². The van der Waals surface area contributed by atoms with Gasteiger partial charge < -0.3 is 14.8 Å². The van der Waals surface area contributed by atoms with Gasteiger partial charge in [-0.15, -0.1) is 12.4 Å². The maximum absolute atomic E-state index is 12.9. The van der Waals surface area contributed by atoms with Crippen molar-refractivity contribution in [2.75, 3.05) is 34.4 Å². The molecule has 0 unspecified atom stereocenters. The molecule has 0 spiro atoms. The van der Waals surface area contributed by atoms with Crippen LogP contribution >= 0.6 is 28.3 Å². The maximum Gasteiger partial charge on any atom is 0.246 e. The molecule has 9 heteroatoms. The topological polar surface area (TPSA) is 67.9 Å². The van der Waals surface area contributed by atoms with Crippen molar-refractivity contribution in [2.45, 2.75) is 23.8 Å². The van der Waals surface area contributed by atoms with Gasteiger partial charge in [0.05, 0.1) is 18.7 Å². The monoisotopic (exact) mass is 428 g/mol. The summed E-state index contributed by atoms with van der Waals surface area (Å²) in [6.07, 6.45) is 1.60. The number of nitrogens with one attached hydrogen (secondary N) is 1. The van der Waals surface area contributed by atoms with Gasteiger partial charge in [0.1, 0.15) is 16.4 Å². The molecule has 1 aliphatic heterocycles. The molecule has 1 saturated heterocycles. The largest absolute Gasteiger partial charge is 0.495 e. The highest BCUT2D eigenvalue weighted by atomic mass is 79.9. The van der Waals surface area contributed by atoms with Crippen LogP contribution in [-0.4, -0.2) is 53.1 Å². The van der Waals surface area contributed by atoms with E-state index in [-0.39, 0.29) is 23.1 Å². The summed E-state index contributed by atoms with van der Waals surface area (Å²) in [6.45, 7) is 1.00. The van der Waals surface area contributed by atoms with Crippen LogP contribution in [-0.2, 0) is 10.0 Å². The second-order valence-corrected chi connectivity index (χ2v) is 7.87. The molecule has 0 aliphatic carbocycles. The first-order valence-electron chi connectivity index (χ1n) is 7.03. The Labute approximate surface area is 152 Å². The van der Waals surface area contributed by atoms with Crippen molar-refractivity contribution >= 4 is 38.4 Å². The van der Waals surface area contributed by atoms with Crippen LogP contribution in [0.5, 0.6) is 11.5 Å². The Morgan fingerprint density at radius 2 is 1.74 bits per heavy atom. The molecule has 1 fully saturated rings. The summed E-state index contributed by atoms with van der Waals surface area (Å²) in [7, 11) is 1.29. The third-order valence-electron chi connectivity index (χ3n) is 3.92. The van der Waals surface area contributed by atoms with E-state index in [0.717, 1.165) is 12.8 Å². The predicted octanol–water partition coefficient (Wildman–Crippen LogP) is 2.26. The van der Waals surface area contributed by atoms with E-state index < -0.39 is 10.0 Å². The number of hydrogen-bond acceptors (Lipinski definition) is 5. The van der Waals surface area contributed by atoms with Gasteiger partial charge in [-0.3, -0.25) is 0 Å². The molecule has 132 valence electrons. The van der Waals surface area contributed by atoms with E-state index in [1.54, 1.807) is 6.07 Å². The van der Waals surface area contributed by atoms with E-state index in [1.165, 1.54) is 24.6 Å². The molecule has 1 aromatic carbocycles. The first-order valence-corrected chi connectivity index (χ1v) is 9.26. The lowest BCUT2D eigenvalue weighted by atomic mass is 10.1. The molecule has 2 rings (SSSR count). The van der Waals surface area contributed by atoms with Gasteiger partial charge >= 0.3 is 0 Å². The van der Waals surface area contributed by atoms with Crippen molar-refractivity contribution in [3.05, 3.63) is 16.6 Å². The van der Waals surface area contributed by atoms with Crippen molar-refractivity contribution in [2.24, 2.45) is 0 Å². The highest BCUT2D eigenvalue weighted by molar-refractivity contribution is 9.10. The van der Waals surface area contributed by atoms with Gasteiger partial charge in [0.2, 0.25) is 10.0 Å². The Bertz CT molecular complexity index is 634. The van der Waals surface area contributed by atoms with Gasteiger partial charge in [-0.2, -0.15) is 4.31 Å². The number of hydrogen-bond donors (Lipinski definition) is 1. The smallest absolute Gasteiger partial charge is 0.246 e. The maximum atomic E-state index is 12.9. The first-order chi connectivity index (χ1) is 10.4. The number of halogens is 2. The summed E-state index contributed by atoms with van der Waals surface area (Å²) in [5, 5.41) is 3.19. The number of benzene rings is 1. The fourth-order valence-corrected chi connectivity index (χ4v) is 4.85. The van der Waals surface area contributed by atoms with Crippen LogP contribution in [0.1, 0.15) is 12.8 Å². The van der Waals surface area contributed by atoms with Crippen molar-refractivity contribution in [3.8, 4) is 11.5 Å². The third kappa shape index (κ3) is 4.30. The Kier molecular flexibility index (Phi) is 7.60. The molecule has 0 bridgehead atoms. The molecule has 0 saturated carbocycles. The summed E-state index contributed by atoms with van der Waals surface area (Å²) in [5.74, 6) is 0.820. The summed E-state index contributed by atoms with van der Waals surface area (Å²) in [6, 6.07) is 3.49. The van der Waals surface area contributed by atoms with Gasteiger partial charge in [0.25, 0.3) is 0 Å². The molecule has 23 heavy (non-hydrogen) atoms. The second kappa shape index (κ2) is 8.53. The van der Waals surface area contributed by atoms with Gasteiger partial charge in [-0.05, 0) is 41.9 Å². The van der Waals surface area contributed by atoms with E-state index in [4.69, 9.17) is 9.47 Å². The minimum atomic E-state index is -3.59. The lowest BCUT2D eigenvalue weighted by Crippen LogP contribution is -2.43. The molecule has 0 aromatic heterocycles. The fraction of sp³-hybridized carbons (Fsp3) is 0.571. The van der Waals surface area contributed by atoms with Gasteiger partial charge in [0, 0.05) is 25.2 Å². The van der Waals surface area contributed by atoms with E-state index in [9.17, 15) is 8.42 Å². The Morgan fingerprint density at radius 3 is 2.22 bits per heavy atom. The summed E-state index contributed by atoms with van der Waals surface area (Å²) in [4.78, 5) is 0.158. The average molecular weight is 430 g/mol. The first kappa shape index (κ1) is 20.5. The molecule has 0 radical (unpaired) electrons. The zero-order chi connectivity index (χ0) is 16.3. The molecular weight excluding hydrogens is 408 g/mol. The lowest BCUT2D eigenvalue weighted by Gasteiger charge is -2.31. The van der Waals surface area contributed by atoms with E-state index in [2.05, 4.69) is 21.2 Å². The van der Waals surface area contributed by atoms with E-state index in [1.807, 2.05) is 7.05 Å². The SMILES string of the molecule is CNC1CCN(S(=O)(=O)c2cc(Br)c(OC)cc2OC)CC1.Cl. The second-order valence-electron chi connectivity index (χ2n) is 5.10. The number of sulfonamides is 1. The number of nitrogens with zero attached hydrogens (tertiary/aromatic N) is 1. The van der Waals surface area contributed by atoms with Crippen molar-refractivity contribution in [3.63, 3.8) is 0 Å². The fourth-order valence-electron chi connectivity index (χ4n) is 2.56. The molecule has 0 atom stereocenters. The number of ether oxygens (including phenoxy) is 2. The summed E-state index contributed by atoms with van der Waals surface area (Å²) in [5.41, 5.74) is 0. The Balaban J connectivity index is 0.00000264. The molecule has 1 N–H and O–H groups in total. The number of piperidine rings is 1. The molecular formula is C14H22BrClN2O4S. The van der Waals surface area contributed by atoms with Crippen LogP contribution < -0.4 is 14.8 Å². The van der Waals surface area contributed by atoms with Crippen molar-refractivity contribution in [1.29, 1.82) is 0 Å². The lowest BCUT2D eigenvalue weighted by molar-refractivity contribution is 0.297. The van der Waals surface area contributed by atoms with Gasteiger partial charge in [-0.1, -0.05) is 0 Å². The van der Waals surface area contributed by atoms with E-state index >= 15 is 0 Å². The van der Waals surface area contributed by atoms with Crippen LogP contribution in [0.4, 0.5) is 0 Å². The number of methoxy groups -OCH3 is 2. The van der Waals surface area contributed by atoms with Gasteiger partial charge in [-0.25, -0.2) is 8.42 Å². The normalized spacial score (nSPS) is 16.7. The molecule has 1 aliphatic rings. The molecule has 1 heterocycles. The zero-order valence-corrected chi connectivity index (χ0v) is 16.6. The van der Waals surface area contributed by atoms with Crippen LogP contribution in [0.2, 0.25) is 0 Å². The van der Waals surface area contributed by atoms with Crippen molar-refractivity contribution < 1.29 is 17.9 Å². The predicted molar refractivity (Wildman–Crippen MR) is 95.3 cm³/mol. The number of rotatable bonds is 5. The van der Waals surface area contributed by atoms with Crippen LogP contribution in [0.25, 0.3) is 0 Å². The molecule has 1 aromatic rings. The van der Waals surface area contributed by atoms with Crippen LogP contribution in [0, 0.1) is 0 Å². The van der Waals surface area contributed by atoms with Gasteiger partial charge in [0.15, 0.2) is 0 Å². The highest BCUT2D eigenvalue weighted by Gasteiger charge is 2.32. The minimum Gasteiger partial charge on any atom is -0.495 e.